The van der Waals surface area contributed by atoms with Crippen LogP contribution >= 0.6 is 0 Å². The van der Waals surface area contributed by atoms with Crippen LogP contribution in [0.5, 0.6) is 0 Å². The minimum atomic E-state index is -0.700. The molecule has 1 fully saturated rings. The molecule has 1 aromatic carbocycles. The number of nitrogen functional groups attached to an aromatic ring is 1. The number of anilines is 2. The van der Waals surface area contributed by atoms with Gasteiger partial charge in [-0.3, -0.25) is 0 Å². The van der Waals surface area contributed by atoms with Gasteiger partial charge >= 0.3 is 0 Å². The van der Waals surface area contributed by atoms with Crippen LogP contribution in [0.2, 0.25) is 0 Å². The standard InChI is InChI=1S/C14H20F2N2/c1-8-3-4-12(9(2)5-8)18-13-7-10(15)6-11(16)14(13)17/h6-9,12,18H,3-5,17H2,1-2H3. The number of benzene rings is 1. The van der Waals surface area contributed by atoms with E-state index in [-0.39, 0.29) is 11.7 Å². The van der Waals surface area contributed by atoms with E-state index in [0.29, 0.717) is 11.6 Å². The lowest BCUT2D eigenvalue weighted by Crippen LogP contribution is -2.33. The van der Waals surface area contributed by atoms with E-state index in [2.05, 4.69) is 19.2 Å². The first-order valence-electron chi connectivity index (χ1n) is 6.48. The van der Waals surface area contributed by atoms with Crippen LogP contribution in [0.15, 0.2) is 12.1 Å². The molecule has 2 rings (SSSR count). The van der Waals surface area contributed by atoms with Crippen molar-refractivity contribution in [2.75, 3.05) is 11.1 Å². The minimum Gasteiger partial charge on any atom is -0.395 e. The summed E-state index contributed by atoms with van der Waals surface area (Å²) in [6, 6.07) is 2.32. The Morgan fingerprint density at radius 3 is 2.61 bits per heavy atom. The van der Waals surface area contributed by atoms with Crippen molar-refractivity contribution in [1.82, 2.24) is 0 Å². The third-order valence-electron chi connectivity index (χ3n) is 3.87. The van der Waals surface area contributed by atoms with E-state index in [1.807, 2.05) is 0 Å². The molecular weight excluding hydrogens is 234 g/mol. The molecular formula is C14H20F2N2. The van der Waals surface area contributed by atoms with E-state index in [1.54, 1.807) is 0 Å². The van der Waals surface area contributed by atoms with E-state index < -0.39 is 11.6 Å². The van der Waals surface area contributed by atoms with Crippen LogP contribution in [0.1, 0.15) is 33.1 Å². The van der Waals surface area contributed by atoms with Gasteiger partial charge in [-0.05, 0) is 37.2 Å². The minimum absolute atomic E-state index is 0.00206. The lowest BCUT2D eigenvalue weighted by molar-refractivity contribution is 0.276. The number of rotatable bonds is 2. The molecule has 0 saturated heterocycles. The van der Waals surface area contributed by atoms with Gasteiger partial charge in [0, 0.05) is 12.1 Å². The van der Waals surface area contributed by atoms with Gasteiger partial charge in [0.25, 0.3) is 0 Å². The Hall–Kier alpha value is -1.32. The number of hydrogen-bond donors (Lipinski definition) is 2. The molecule has 0 radical (unpaired) electrons. The number of nitrogens with one attached hydrogen (secondary N) is 1. The smallest absolute Gasteiger partial charge is 0.151 e. The van der Waals surface area contributed by atoms with Crippen LogP contribution in [0.3, 0.4) is 0 Å². The van der Waals surface area contributed by atoms with Gasteiger partial charge in [-0.25, -0.2) is 8.78 Å². The second-order valence-corrected chi connectivity index (χ2v) is 5.50. The molecule has 1 aliphatic rings. The second kappa shape index (κ2) is 5.12. The first-order valence-corrected chi connectivity index (χ1v) is 6.48. The average molecular weight is 254 g/mol. The molecule has 0 spiro atoms. The van der Waals surface area contributed by atoms with Crippen molar-refractivity contribution in [2.24, 2.45) is 11.8 Å². The summed E-state index contributed by atoms with van der Waals surface area (Å²) in [4.78, 5) is 0. The van der Waals surface area contributed by atoms with Crippen molar-refractivity contribution in [1.29, 1.82) is 0 Å². The maximum atomic E-state index is 13.3. The van der Waals surface area contributed by atoms with Crippen molar-refractivity contribution < 1.29 is 8.78 Å². The molecule has 3 atom stereocenters. The van der Waals surface area contributed by atoms with Gasteiger partial charge in [-0.15, -0.1) is 0 Å². The summed E-state index contributed by atoms with van der Waals surface area (Å²) in [6.07, 6.45) is 3.29. The van der Waals surface area contributed by atoms with E-state index in [9.17, 15) is 8.78 Å². The molecule has 4 heteroatoms. The summed E-state index contributed by atoms with van der Waals surface area (Å²) < 4.78 is 26.5. The van der Waals surface area contributed by atoms with Crippen molar-refractivity contribution in [3.8, 4) is 0 Å². The Kier molecular flexibility index (Phi) is 3.73. The predicted octanol–water partition coefficient (Wildman–Crippen LogP) is 3.78. The molecule has 0 heterocycles. The molecule has 18 heavy (non-hydrogen) atoms. The average Bonchev–Trinajstić information content (AvgIpc) is 2.29. The van der Waals surface area contributed by atoms with Crippen LogP contribution in [0.4, 0.5) is 20.2 Å². The van der Waals surface area contributed by atoms with Gasteiger partial charge in [-0.2, -0.15) is 0 Å². The largest absolute Gasteiger partial charge is 0.395 e. The quantitative estimate of drug-likeness (QED) is 0.788. The number of nitrogens with two attached hydrogens (primary N) is 1. The van der Waals surface area contributed by atoms with Crippen LogP contribution in [-0.2, 0) is 0 Å². The van der Waals surface area contributed by atoms with Crippen LogP contribution < -0.4 is 11.1 Å². The van der Waals surface area contributed by atoms with Gasteiger partial charge < -0.3 is 11.1 Å². The lowest BCUT2D eigenvalue weighted by atomic mass is 9.80. The first-order chi connectivity index (χ1) is 8.47. The highest BCUT2D eigenvalue weighted by molar-refractivity contribution is 5.67. The topological polar surface area (TPSA) is 38.0 Å². The molecule has 3 unspecified atom stereocenters. The fourth-order valence-electron chi connectivity index (χ4n) is 2.78. The zero-order valence-electron chi connectivity index (χ0n) is 10.8. The normalized spacial score (nSPS) is 28.1. The van der Waals surface area contributed by atoms with E-state index in [0.717, 1.165) is 31.2 Å². The van der Waals surface area contributed by atoms with Gasteiger partial charge in [0.1, 0.15) is 5.82 Å². The molecule has 0 bridgehead atoms. The lowest BCUT2D eigenvalue weighted by Gasteiger charge is -2.34. The summed E-state index contributed by atoms with van der Waals surface area (Å²) >= 11 is 0. The van der Waals surface area contributed by atoms with E-state index in [1.165, 1.54) is 6.07 Å². The first kappa shape index (κ1) is 13.1. The summed E-state index contributed by atoms with van der Waals surface area (Å²) in [5, 5.41) is 3.20. The molecule has 1 aromatic rings. The summed E-state index contributed by atoms with van der Waals surface area (Å²) in [6.45, 7) is 4.40. The Labute approximate surface area is 107 Å². The Morgan fingerprint density at radius 2 is 1.94 bits per heavy atom. The molecule has 1 aliphatic carbocycles. The highest BCUT2D eigenvalue weighted by Gasteiger charge is 2.26. The third kappa shape index (κ3) is 2.74. The molecule has 0 aromatic heterocycles. The second-order valence-electron chi connectivity index (χ2n) is 5.50. The van der Waals surface area contributed by atoms with Crippen molar-refractivity contribution in [3.63, 3.8) is 0 Å². The van der Waals surface area contributed by atoms with Gasteiger partial charge in [-0.1, -0.05) is 13.8 Å². The molecule has 1 saturated carbocycles. The maximum Gasteiger partial charge on any atom is 0.151 e. The fourth-order valence-corrected chi connectivity index (χ4v) is 2.78. The van der Waals surface area contributed by atoms with Gasteiger partial charge in [0.05, 0.1) is 11.4 Å². The van der Waals surface area contributed by atoms with Gasteiger partial charge in [0.15, 0.2) is 5.82 Å². The maximum absolute atomic E-state index is 13.3. The fraction of sp³-hybridized carbons (Fsp3) is 0.571. The zero-order chi connectivity index (χ0) is 13.3. The summed E-state index contributed by atoms with van der Waals surface area (Å²) in [7, 11) is 0. The van der Waals surface area contributed by atoms with E-state index in [4.69, 9.17) is 5.73 Å². The third-order valence-corrected chi connectivity index (χ3v) is 3.87. The van der Waals surface area contributed by atoms with Crippen molar-refractivity contribution in [3.05, 3.63) is 23.8 Å². The SMILES string of the molecule is CC1CCC(Nc2cc(F)cc(F)c2N)C(C)C1. The molecule has 0 aliphatic heterocycles. The van der Waals surface area contributed by atoms with Crippen LogP contribution in [-0.4, -0.2) is 6.04 Å². The van der Waals surface area contributed by atoms with Crippen LogP contribution in [0.25, 0.3) is 0 Å². The molecule has 3 N–H and O–H groups in total. The summed E-state index contributed by atoms with van der Waals surface area (Å²) in [5.41, 5.74) is 6.01. The van der Waals surface area contributed by atoms with Gasteiger partial charge in [0.2, 0.25) is 0 Å². The number of hydrogen-bond acceptors (Lipinski definition) is 2. The Balaban J connectivity index is 2.14. The molecule has 100 valence electrons. The molecule has 2 nitrogen and oxygen atoms in total. The number of halogens is 2. The Bertz CT molecular complexity index is 434. The highest BCUT2D eigenvalue weighted by atomic mass is 19.1. The predicted molar refractivity (Wildman–Crippen MR) is 70.4 cm³/mol. The monoisotopic (exact) mass is 254 g/mol. The van der Waals surface area contributed by atoms with Crippen molar-refractivity contribution in [2.45, 2.75) is 39.2 Å². The van der Waals surface area contributed by atoms with Crippen LogP contribution in [0, 0.1) is 23.5 Å². The van der Waals surface area contributed by atoms with Crippen molar-refractivity contribution >= 4 is 11.4 Å². The van der Waals surface area contributed by atoms with E-state index >= 15 is 0 Å². The summed E-state index contributed by atoms with van der Waals surface area (Å²) in [5.74, 6) is -0.0884. The highest BCUT2D eigenvalue weighted by Crippen LogP contribution is 2.32. The Morgan fingerprint density at radius 1 is 1.22 bits per heavy atom. The zero-order valence-corrected chi connectivity index (χ0v) is 10.8. The molecule has 0 amide bonds.